The number of hydrogen-bond acceptors (Lipinski definition) is 6. The molecule has 4 aliphatic rings. The number of imidazole rings is 1. The summed E-state index contributed by atoms with van der Waals surface area (Å²) >= 11 is 0. The number of aromatic nitrogens is 2. The van der Waals surface area contributed by atoms with Gasteiger partial charge in [0, 0.05) is 24.5 Å². The average molecular weight is 684 g/mol. The third-order valence-corrected chi connectivity index (χ3v) is 14.5. The number of carbonyl (C=O) groups is 1. The first-order chi connectivity index (χ1) is 23.7. The van der Waals surface area contributed by atoms with Crippen LogP contribution in [0.3, 0.4) is 0 Å². The Hall–Kier alpha value is -3.80. The average Bonchev–Trinajstić information content (AvgIpc) is 3.92. The summed E-state index contributed by atoms with van der Waals surface area (Å²) in [5.74, 6) is -0.0566. The predicted octanol–water partition coefficient (Wildman–Crippen LogP) is 7.57. The first-order valence-electron chi connectivity index (χ1n) is 18.1. The number of carbonyl (C=O) groups excluding carboxylic acids is 1. The molecule has 11 heteroatoms. The molecular weight excluding hydrogens is 637 g/mol. The van der Waals surface area contributed by atoms with Crippen LogP contribution in [0, 0.1) is 11.6 Å². The predicted molar refractivity (Wildman–Crippen MR) is 195 cm³/mol. The van der Waals surface area contributed by atoms with Crippen LogP contribution in [0.4, 0.5) is 25.8 Å². The summed E-state index contributed by atoms with van der Waals surface area (Å²) in [6.45, 7) is 7.97. The van der Waals surface area contributed by atoms with E-state index in [1.807, 2.05) is 29.2 Å². The van der Waals surface area contributed by atoms with Crippen molar-refractivity contribution < 1.29 is 13.6 Å². The summed E-state index contributed by atoms with van der Waals surface area (Å²) in [5.41, 5.74) is 5.43. The first kappa shape index (κ1) is 32.4. The molecule has 258 valence electrons. The molecule has 4 aliphatic heterocycles. The third kappa shape index (κ3) is 6.48. The standard InChI is InChI=1S/C38H47F2N7OSi/c1-49(2)19-17-46(18-20-49)36-28(39)22-27(23-29(36)40)47-34(24-7-10-26(11-8-24)43-38(48)32-6-4-16-42-32)13-14-35(47)25-9-12-30-33(21-25)45-37(44-30)31-5-3-15-41-31/h7-12,21-23,31-32,34-35,41-42H,3-6,13-20H2,1-2H3,(H,43,48)(H,44,45)/t31-,32-,34-,35-/m0/s1. The normalized spacial score (nSPS) is 25.4. The molecule has 0 bridgehead atoms. The molecule has 1 aromatic heterocycles. The van der Waals surface area contributed by atoms with Crippen LogP contribution in [-0.4, -0.2) is 56.2 Å². The van der Waals surface area contributed by atoms with Gasteiger partial charge in [0.1, 0.15) is 11.5 Å². The van der Waals surface area contributed by atoms with Crippen molar-refractivity contribution in [2.75, 3.05) is 41.3 Å². The zero-order chi connectivity index (χ0) is 33.7. The molecule has 4 aromatic rings. The minimum atomic E-state index is -1.30. The highest BCUT2D eigenvalue weighted by molar-refractivity contribution is 6.77. The maximum Gasteiger partial charge on any atom is 0.241 e. The smallest absolute Gasteiger partial charge is 0.241 e. The highest BCUT2D eigenvalue weighted by Crippen LogP contribution is 2.48. The molecule has 0 radical (unpaired) electrons. The number of amides is 1. The van der Waals surface area contributed by atoms with Crippen LogP contribution < -0.4 is 25.8 Å². The number of anilines is 3. The van der Waals surface area contributed by atoms with Crippen molar-refractivity contribution in [2.24, 2.45) is 0 Å². The fourth-order valence-corrected chi connectivity index (χ4v) is 10.4. The number of rotatable bonds is 7. The van der Waals surface area contributed by atoms with E-state index in [4.69, 9.17) is 4.98 Å². The van der Waals surface area contributed by atoms with E-state index in [2.05, 4.69) is 57.1 Å². The topological polar surface area (TPSA) is 88.3 Å². The molecule has 4 saturated heterocycles. The maximum atomic E-state index is 16.1. The molecule has 0 saturated carbocycles. The lowest BCUT2D eigenvalue weighted by Crippen LogP contribution is -2.43. The SMILES string of the molecule is C[Si]1(C)CCN(c2c(F)cc(N3[C@H](c4ccc(NC(=O)[C@@H]5CCCN5)cc4)CC[C@H]3c3ccc4nc([C@@H]5CCCN5)[nH]c4c3)cc2F)CC1. The number of nitrogens with zero attached hydrogens (tertiary/aromatic N) is 3. The van der Waals surface area contributed by atoms with Gasteiger partial charge in [0.15, 0.2) is 11.6 Å². The molecule has 4 atom stereocenters. The van der Waals surface area contributed by atoms with Crippen molar-refractivity contribution in [2.45, 2.75) is 87.9 Å². The molecule has 4 N–H and O–H groups in total. The van der Waals surface area contributed by atoms with E-state index in [-0.39, 0.29) is 35.8 Å². The molecular formula is C38H47F2N7OSi. The van der Waals surface area contributed by atoms with Crippen molar-refractivity contribution in [1.82, 2.24) is 20.6 Å². The molecule has 5 heterocycles. The zero-order valence-corrected chi connectivity index (χ0v) is 29.5. The molecule has 8 nitrogen and oxygen atoms in total. The molecule has 49 heavy (non-hydrogen) atoms. The second kappa shape index (κ2) is 13.1. The number of H-pyrrole nitrogens is 1. The minimum absolute atomic E-state index is 0.0143. The Morgan fingerprint density at radius 3 is 2.20 bits per heavy atom. The van der Waals surface area contributed by atoms with Crippen molar-refractivity contribution in [1.29, 1.82) is 0 Å². The van der Waals surface area contributed by atoms with Crippen LogP contribution in [-0.2, 0) is 4.79 Å². The van der Waals surface area contributed by atoms with Gasteiger partial charge in [0.25, 0.3) is 0 Å². The van der Waals surface area contributed by atoms with Crippen LogP contribution >= 0.6 is 0 Å². The van der Waals surface area contributed by atoms with Gasteiger partial charge in [-0.3, -0.25) is 4.79 Å². The third-order valence-electron chi connectivity index (χ3n) is 11.4. The monoisotopic (exact) mass is 683 g/mol. The van der Waals surface area contributed by atoms with Gasteiger partial charge in [-0.2, -0.15) is 0 Å². The van der Waals surface area contributed by atoms with E-state index in [0.717, 1.165) is 97.4 Å². The Kier molecular flexibility index (Phi) is 8.70. The van der Waals surface area contributed by atoms with Crippen LogP contribution in [0.1, 0.15) is 73.6 Å². The summed E-state index contributed by atoms with van der Waals surface area (Å²) < 4.78 is 32.2. The van der Waals surface area contributed by atoms with Crippen LogP contribution in [0.5, 0.6) is 0 Å². The summed E-state index contributed by atoms with van der Waals surface area (Å²) in [7, 11) is -1.30. The number of fused-ring (bicyclic) bond motifs is 1. The van der Waals surface area contributed by atoms with Crippen molar-refractivity contribution in [3.8, 4) is 0 Å². The van der Waals surface area contributed by atoms with E-state index >= 15 is 8.78 Å². The van der Waals surface area contributed by atoms with Gasteiger partial charge in [-0.15, -0.1) is 0 Å². The maximum absolute atomic E-state index is 16.1. The number of benzene rings is 3. The molecule has 8 rings (SSSR count). The quantitative estimate of drug-likeness (QED) is 0.150. The van der Waals surface area contributed by atoms with Gasteiger partial charge in [0.05, 0.1) is 43.3 Å². The fourth-order valence-electron chi connectivity index (χ4n) is 8.43. The van der Waals surface area contributed by atoms with Crippen LogP contribution in [0.15, 0.2) is 54.6 Å². The molecule has 0 aliphatic carbocycles. The molecule has 3 aromatic carbocycles. The minimum Gasteiger partial charge on any atom is -0.367 e. The fraction of sp³-hybridized carbons (Fsp3) is 0.474. The second-order valence-electron chi connectivity index (χ2n) is 15.2. The van der Waals surface area contributed by atoms with Crippen molar-refractivity contribution >= 4 is 42.1 Å². The summed E-state index contributed by atoms with van der Waals surface area (Å²) in [6.07, 6.45) is 5.69. The second-order valence-corrected chi connectivity index (χ2v) is 20.6. The van der Waals surface area contributed by atoms with E-state index in [1.54, 1.807) is 12.1 Å². The van der Waals surface area contributed by atoms with Crippen LogP contribution in [0.2, 0.25) is 25.2 Å². The Bertz CT molecular complexity index is 1800. The van der Waals surface area contributed by atoms with Gasteiger partial charge >= 0.3 is 0 Å². The lowest BCUT2D eigenvalue weighted by atomic mass is 10.0. The van der Waals surface area contributed by atoms with Gasteiger partial charge in [-0.05, 0) is 111 Å². The molecule has 0 spiro atoms. The van der Waals surface area contributed by atoms with E-state index in [9.17, 15) is 4.79 Å². The highest BCUT2D eigenvalue weighted by atomic mass is 28.3. The van der Waals surface area contributed by atoms with Gasteiger partial charge in [-0.1, -0.05) is 31.3 Å². The number of nitrogens with one attached hydrogen (secondary N) is 4. The van der Waals surface area contributed by atoms with Crippen molar-refractivity contribution in [3.05, 3.63) is 83.2 Å². The van der Waals surface area contributed by atoms with Gasteiger partial charge in [0.2, 0.25) is 5.91 Å². The number of aromatic amines is 1. The molecule has 4 fully saturated rings. The van der Waals surface area contributed by atoms with Crippen molar-refractivity contribution in [3.63, 3.8) is 0 Å². The summed E-state index contributed by atoms with van der Waals surface area (Å²) in [6, 6.07) is 19.3. The lowest BCUT2D eigenvalue weighted by molar-refractivity contribution is -0.117. The van der Waals surface area contributed by atoms with Gasteiger partial charge < -0.3 is 30.7 Å². The summed E-state index contributed by atoms with van der Waals surface area (Å²) in [5, 5.41) is 9.82. The zero-order valence-electron chi connectivity index (χ0n) is 28.5. The van der Waals surface area contributed by atoms with Gasteiger partial charge in [-0.25, -0.2) is 13.8 Å². The van der Waals surface area contributed by atoms with E-state index < -0.39 is 19.7 Å². The Labute approximate surface area is 288 Å². The highest BCUT2D eigenvalue weighted by Gasteiger charge is 2.38. The Morgan fingerprint density at radius 1 is 0.857 bits per heavy atom. The lowest BCUT2D eigenvalue weighted by Gasteiger charge is -2.38. The largest absolute Gasteiger partial charge is 0.367 e. The first-order valence-corrected chi connectivity index (χ1v) is 21.5. The van der Waals surface area contributed by atoms with E-state index in [1.165, 1.54) is 0 Å². The Morgan fingerprint density at radius 2 is 1.53 bits per heavy atom. The van der Waals surface area contributed by atoms with E-state index in [0.29, 0.717) is 18.8 Å². The Balaban J connectivity index is 1.12. The van der Waals surface area contributed by atoms with Crippen LogP contribution in [0.25, 0.3) is 11.0 Å². The molecule has 1 amide bonds. The number of halogens is 2. The number of hydrogen-bond donors (Lipinski definition) is 4. The molecule has 0 unspecified atom stereocenters. The summed E-state index contributed by atoms with van der Waals surface area (Å²) in [4.78, 5) is 25.3.